The lowest BCUT2D eigenvalue weighted by Gasteiger charge is -2.36. The Bertz CT molecular complexity index is 784. The summed E-state index contributed by atoms with van der Waals surface area (Å²) in [5.74, 6) is 0.198. The van der Waals surface area contributed by atoms with Crippen molar-refractivity contribution >= 4 is 17.6 Å². The highest BCUT2D eigenvalue weighted by atomic mass is 19.4. The van der Waals surface area contributed by atoms with Crippen molar-refractivity contribution in [2.45, 2.75) is 64.1 Å². The van der Waals surface area contributed by atoms with Crippen molar-refractivity contribution in [3.63, 3.8) is 0 Å². The van der Waals surface area contributed by atoms with Gasteiger partial charge in [-0.05, 0) is 57.2 Å². The first kappa shape index (κ1) is 22.4. The van der Waals surface area contributed by atoms with Crippen molar-refractivity contribution in [3.8, 4) is 0 Å². The smallest absolute Gasteiger partial charge is 0.416 e. The average Bonchev–Trinajstić information content (AvgIpc) is 2.66. The number of anilines is 1. The van der Waals surface area contributed by atoms with Gasteiger partial charge in [-0.1, -0.05) is 6.07 Å². The Balaban J connectivity index is 1.78. The summed E-state index contributed by atoms with van der Waals surface area (Å²) in [5, 5.41) is 0. The number of piperidine rings is 2. The van der Waals surface area contributed by atoms with E-state index in [4.69, 9.17) is 4.74 Å². The van der Waals surface area contributed by atoms with Crippen LogP contribution in [0.4, 0.5) is 23.7 Å². The monoisotopic (exact) mass is 426 g/mol. The Morgan fingerprint density at radius 3 is 2.17 bits per heavy atom. The van der Waals surface area contributed by atoms with Gasteiger partial charge in [0, 0.05) is 44.7 Å². The summed E-state index contributed by atoms with van der Waals surface area (Å²) in [6.45, 7) is 7.31. The minimum Gasteiger partial charge on any atom is -0.444 e. The Morgan fingerprint density at radius 1 is 1.03 bits per heavy atom. The van der Waals surface area contributed by atoms with Crippen LogP contribution in [-0.4, -0.2) is 48.6 Å². The number of benzene rings is 1. The van der Waals surface area contributed by atoms with E-state index in [0.717, 1.165) is 11.6 Å². The van der Waals surface area contributed by atoms with Gasteiger partial charge in [0.05, 0.1) is 5.56 Å². The molecule has 0 spiro atoms. The number of carbonyl (C=O) groups excluding carboxylic acids is 2. The molecule has 0 aliphatic carbocycles. The maximum absolute atomic E-state index is 13.3. The van der Waals surface area contributed by atoms with E-state index < -0.39 is 17.3 Å². The van der Waals surface area contributed by atoms with E-state index >= 15 is 0 Å². The standard InChI is InChI=1S/C22H29F3N2O3/c1-21(2,3)30-20(29)27-10-6-15(7-11-27)18-5-4-16(22(23,24)25)14-19(18)26-12-8-17(28)9-13-26/h4-5,14-15H,6-13H2,1-3H3. The highest BCUT2D eigenvalue weighted by molar-refractivity contribution is 5.81. The molecule has 30 heavy (non-hydrogen) atoms. The van der Waals surface area contributed by atoms with Gasteiger partial charge in [0.15, 0.2) is 0 Å². The summed E-state index contributed by atoms with van der Waals surface area (Å²) in [6, 6.07) is 3.92. The molecule has 2 heterocycles. The Kier molecular flexibility index (Phi) is 6.34. The lowest BCUT2D eigenvalue weighted by Crippen LogP contribution is -2.41. The number of hydrogen-bond donors (Lipinski definition) is 0. The molecule has 166 valence electrons. The van der Waals surface area contributed by atoms with E-state index in [0.29, 0.717) is 57.5 Å². The first-order chi connectivity index (χ1) is 13.9. The lowest BCUT2D eigenvalue weighted by molar-refractivity contribution is -0.137. The molecule has 0 radical (unpaired) electrons. The molecule has 2 aliphatic rings. The number of amides is 1. The molecule has 0 atom stereocenters. The number of nitrogens with zero attached hydrogens (tertiary/aromatic N) is 2. The second-order valence-electron chi connectivity index (χ2n) is 9.04. The number of likely N-dealkylation sites (tertiary alicyclic amines) is 1. The fourth-order valence-electron chi connectivity index (χ4n) is 4.04. The SMILES string of the molecule is CC(C)(C)OC(=O)N1CCC(c2ccc(C(F)(F)F)cc2N2CCC(=O)CC2)CC1. The van der Waals surface area contributed by atoms with Gasteiger partial charge < -0.3 is 14.5 Å². The molecular formula is C22H29F3N2O3. The highest BCUT2D eigenvalue weighted by Crippen LogP contribution is 2.40. The summed E-state index contributed by atoms with van der Waals surface area (Å²) in [6.07, 6.45) is -2.75. The van der Waals surface area contributed by atoms with Crippen molar-refractivity contribution in [3.05, 3.63) is 29.3 Å². The van der Waals surface area contributed by atoms with Crippen LogP contribution in [0, 0.1) is 0 Å². The number of hydrogen-bond acceptors (Lipinski definition) is 4. The van der Waals surface area contributed by atoms with Gasteiger partial charge in [0.2, 0.25) is 0 Å². The van der Waals surface area contributed by atoms with Gasteiger partial charge in [-0.3, -0.25) is 4.79 Å². The first-order valence-corrected chi connectivity index (χ1v) is 10.4. The molecule has 0 N–H and O–H groups in total. The largest absolute Gasteiger partial charge is 0.444 e. The number of carbonyl (C=O) groups is 2. The number of Topliss-reactive ketones (excluding diaryl/α,β-unsaturated/α-hetero) is 1. The molecule has 1 amide bonds. The molecule has 0 unspecified atom stereocenters. The zero-order chi connectivity index (χ0) is 22.1. The molecule has 1 aromatic carbocycles. The maximum Gasteiger partial charge on any atom is 0.416 e. The minimum absolute atomic E-state index is 0.0543. The van der Waals surface area contributed by atoms with E-state index in [1.54, 1.807) is 11.0 Å². The van der Waals surface area contributed by atoms with Crippen LogP contribution in [0.3, 0.4) is 0 Å². The van der Waals surface area contributed by atoms with E-state index in [9.17, 15) is 22.8 Å². The summed E-state index contributed by atoms with van der Waals surface area (Å²) in [5.41, 5.74) is 0.179. The van der Waals surface area contributed by atoms with Gasteiger partial charge in [0.1, 0.15) is 11.4 Å². The second-order valence-corrected chi connectivity index (χ2v) is 9.04. The predicted octanol–water partition coefficient (Wildman–Crippen LogP) is 4.99. The number of halogens is 3. The fraction of sp³-hybridized carbons (Fsp3) is 0.636. The van der Waals surface area contributed by atoms with Crippen LogP contribution in [0.25, 0.3) is 0 Å². The third kappa shape index (κ3) is 5.46. The molecule has 2 saturated heterocycles. The zero-order valence-electron chi connectivity index (χ0n) is 17.7. The number of rotatable bonds is 2. The summed E-state index contributed by atoms with van der Waals surface area (Å²) in [7, 11) is 0. The summed E-state index contributed by atoms with van der Waals surface area (Å²) >= 11 is 0. The van der Waals surface area contributed by atoms with Crippen molar-refractivity contribution in [1.29, 1.82) is 0 Å². The van der Waals surface area contributed by atoms with Gasteiger partial charge in [-0.2, -0.15) is 13.2 Å². The molecular weight excluding hydrogens is 397 g/mol. The Hall–Kier alpha value is -2.25. The van der Waals surface area contributed by atoms with Crippen molar-refractivity contribution in [1.82, 2.24) is 4.90 Å². The van der Waals surface area contributed by atoms with E-state index in [-0.39, 0.29) is 17.8 Å². The molecule has 3 rings (SSSR count). The fourth-order valence-corrected chi connectivity index (χ4v) is 4.04. The van der Waals surface area contributed by atoms with Crippen LogP contribution in [0.2, 0.25) is 0 Å². The van der Waals surface area contributed by atoms with E-state index in [2.05, 4.69) is 0 Å². The first-order valence-electron chi connectivity index (χ1n) is 10.4. The average molecular weight is 426 g/mol. The van der Waals surface area contributed by atoms with Crippen LogP contribution in [0.1, 0.15) is 63.5 Å². The van der Waals surface area contributed by atoms with Gasteiger partial charge in [-0.15, -0.1) is 0 Å². The van der Waals surface area contributed by atoms with E-state index in [1.165, 1.54) is 6.07 Å². The quantitative estimate of drug-likeness (QED) is 0.669. The molecule has 2 aliphatic heterocycles. The molecule has 2 fully saturated rings. The van der Waals surface area contributed by atoms with Gasteiger partial charge in [0.25, 0.3) is 0 Å². The number of ether oxygens (including phenoxy) is 1. The summed E-state index contributed by atoms with van der Waals surface area (Å²) < 4.78 is 45.4. The van der Waals surface area contributed by atoms with E-state index in [1.807, 2.05) is 25.7 Å². The lowest BCUT2D eigenvalue weighted by atomic mass is 9.87. The van der Waals surface area contributed by atoms with Crippen molar-refractivity contribution in [2.75, 3.05) is 31.1 Å². The van der Waals surface area contributed by atoms with Crippen LogP contribution < -0.4 is 4.90 Å². The minimum atomic E-state index is -4.42. The second kappa shape index (κ2) is 8.47. The molecule has 0 aromatic heterocycles. The third-order valence-corrected chi connectivity index (χ3v) is 5.61. The van der Waals surface area contributed by atoms with Crippen LogP contribution in [-0.2, 0) is 15.7 Å². The van der Waals surface area contributed by atoms with Gasteiger partial charge >= 0.3 is 12.3 Å². The normalized spacial score (nSPS) is 19.2. The maximum atomic E-state index is 13.3. The van der Waals surface area contributed by atoms with Gasteiger partial charge in [-0.25, -0.2) is 4.79 Å². The Morgan fingerprint density at radius 2 is 1.63 bits per heavy atom. The van der Waals surface area contributed by atoms with Crippen LogP contribution in [0.5, 0.6) is 0 Å². The topological polar surface area (TPSA) is 49.9 Å². The molecule has 8 heteroatoms. The van der Waals surface area contributed by atoms with Crippen LogP contribution >= 0.6 is 0 Å². The Labute approximate surface area is 175 Å². The number of alkyl halides is 3. The molecule has 5 nitrogen and oxygen atoms in total. The predicted molar refractivity (Wildman–Crippen MR) is 108 cm³/mol. The van der Waals surface area contributed by atoms with Crippen molar-refractivity contribution in [2.24, 2.45) is 0 Å². The molecule has 0 bridgehead atoms. The molecule has 1 aromatic rings. The molecule has 0 saturated carbocycles. The summed E-state index contributed by atoms with van der Waals surface area (Å²) in [4.78, 5) is 27.4. The number of ketones is 1. The van der Waals surface area contributed by atoms with Crippen molar-refractivity contribution < 1.29 is 27.5 Å². The third-order valence-electron chi connectivity index (χ3n) is 5.61. The van der Waals surface area contributed by atoms with Crippen LogP contribution in [0.15, 0.2) is 18.2 Å². The highest BCUT2D eigenvalue weighted by Gasteiger charge is 2.34. The zero-order valence-corrected chi connectivity index (χ0v) is 17.7.